The van der Waals surface area contributed by atoms with E-state index in [2.05, 4.69) is 31.6 Å². The summed E-state index contributed by atoms with van der Waals surface area (Å²) in [5.41, 5.74) is 1.84. The van der Waals surface area contributed by atoms with Crippen molar-refractivity contribution in [3.8, 4) is 29.1 Å². The summed E-state index contributed by atoms with van der Waals surface area (Å²) in [6.45, 7) is -1.000. The first-order chi connectivity index (χ1) is 25.0. The van der Waals surface area contributed by atoms with Gasteiger partial charge in [0.05, 0.1) is 35.4 Å². The van der Waals surface area contributed by atoms with Crippen molar-refractivity contribution in [2.24, 2.45) is 0 Å². The van der Waals surface area contributed by atoms with Gasteiger partial charge in [-0.25, -0.2) is 9.78 Å². The number of ether oxygens (including phenoxy) is 2. The third kappa shape index (κ3) is 6.46. The molecule has 4 aromatic carbocycles. The van der Waals surface area contributed by atoms with Gasteiger partial charge < -0.3 is 46.3 Å². The highest BCUT2D eigenvalue weighted by Gasteiger charge is 2.53. The zero-order chi connectivity index (χ0) is 36.6. The lowest BCUT2D eigenvalue weighted by Crippen LogP contribution is -2.44. The Bertz CT molecular complexity index is 2340. The van der Waals surface area contributed by atoms with Crippen LogP contribution in [0, 0.1) is 11.3 Å². The largest absolute Gasteiger partial charge is 0.508 e. The van der Waals surface area contributed by atoms with E-state index in [-0.39, 0.29) is 53.3 Å². The molecule has 2 aliphatic heterocycles. The van der Waals surface area contributed by atoms with Crippen LogP contribution in [0.1, 0.15) is 32.1 Å². The fraction of sp³-hybridized carbons (Fsp3) is 0.114. The number of phenols is 2. The van der Waals surface area contributed by atoms with E-state index in [1.165, 1.54) is 35.6 Å². The molecule has 3 heterocycles. The van der Waals surface area contributed by atoms with E-state index in [1.54, 1.807) is 48.5 Å². The van der Waals surface area contributed by atoms with Gasteiger partial charge in [-0.3, -0.25) is 14.4 Å². The van der Waals surface area contributed by atoms with Crippen molar-refractivity contribution in [3.05, 3.63) is 100 Å². The van der Waals surface area contributed by atoms with Gasteiger partial charge >= 0.3 is 5.97 Å². The van der Waals surface area contributed by atoms with Gasteiger partial charge in [-0.1, -0.05) is 6.07 Å². The molecule has 0 aliphatic carbocycles. The molecule has 17 heteroatoms. The van der Waals surface area contributed by atoms with Gasteiger partial charge in [0.1, 0.15) is 29.1 Å². The second-order valence-corrected chi connectivity index (χ2v) is 13.0. The molecule has 0 bridgehead atoms. The summed E-state index contributed by atoms with van der Waals surface area (Å²) in [5.74, 6) is -1.85. The molecule has 7 N–H and O–H groups in total. The molecule has 0 radical (unpaired) electrons. The maximum absolute atomic E-state index is 13.3. The third-order valence-electron chi connectivity index (χ3n) is 8.10. The zero-order valence-electron chi connectivity index (χ0n) is 26.6. The summed E-state index contributed by atoms with van der Waals surface area (Å²) >= 11 is 6.52. The Labute approximate surface area is 303 Å². The molecule has 1 aromatic heterocycles. The summed E-state index contributed by atoms with van der Waals surface area (Å²) < 4.78 is 12.8. The lowest BCUT2D eigenvalue weighted by atomic mass is 9.77. The molecule has 0 saturated carbocycles. The quantitative estimate of drug-likeness (QED) is 0.0899. The van der Waals surface area contributed by atoms with E-state index < -0.39 is 29.3 Å². The molecular weight excluding hydrogens is 711 g/mol. The van der Waals surface area contributed by atoms with Crippen LogP contribution in [0.15, 0.2) is 72.8 Å². The molecule has 0 unspecified atom stereocenters. The molecule has 2 aliphatic rings. The normalized spacial score (nSPS) is 13.0. The van der Waals surface area contributed by atoms with Gasteiger partial charge in [-0.15, -0.1) is 11.3 Å². The summed E-state index contributed by atoms with van der Waals surface area (Å²) in [6.07, 6.45) is 0. The number of hydrogen-bond donors (Lipinski definition) is 7. The number of nitriles is 1. The number of nitrogens with zero attached hydrogens (tertiary/aromatic N) is 2. The van der Waals surface area contributed by atoms with Crippen LogP contribution in [0.5, 0.6) is 23.0 Å². The molecule has 5 aromatic rings. The average Bonchev–Trinajstić information content (AvgIpc) is 3.66. The molecule has 260 valence electrons. The van der Waals surface area contributed by atoms with Crippen molar-refractivity contribution in [1.29, 1.82) is 5.26 Å². The Hall–Kier alpha value is -6.77. The molecule has 3 amide bonds. The SMILES string of the molecule is N#Cc1nc2ccc(NC(=O)CNC(=O)CNC(=O)CNC(=S)Nc3ccc4c(c3)C(=O)OC43c4ccc(O)cc4Oc4cc(O)ccc43)cc2s1. The number of hydrogen-bond acceptors (Lipinski definition) is 12. The number of phenolic OH excluding ortho intramolecular Hbond substituents is 2. The number of anilines is 2. The fourth-order valence-corrected chi connectivity index (χ4v) is 6.85. The Kier molecular flexibility index (Phi) is 8.76. The third-order valence-corrected chi connectivity index (χ3v) is 9.27. The molecule has 0 saturated heterocycles. The predicted molar refractivity (Wildman–Crippen MR) is 191 cm³/mol. The number of thiocarbonyl (C=S) groups is 1. The number of aromatic hydroxyl groups is 2. The average molecular weight is 736 g/mol. The minimum absolute atomic E-state index is 0.0558. The number of thiazole rings is 1. The van der Waals surface area contributed by atoms with Crippen LogP contribution in [-0.2, 0) is 24.7 Å². The lowest BCUT2D eigenvalue weighted by Gasteiger charge is -2.36. The minimum atomic E-state index is -1.41. The van der Waals surface area contributed by atoms with Crippen molar-refractivity contribution in [2.45, 2.75) is 5.60 Å². The second-order valence-electron chi connectivity index (χ2n) is 11.5. The van der Waals surface area contributed by atoms with E-state index in [4.69, 9.17) is 27.0 Å². The molecular formula is C35H25N7O8S2. The maximum atomic E-state index is 13.3. The van der Waals surface area contributed by atoms with Crippen LogP contribution in [-0.4, -0.2) is 63.6 Å². The second kappa shape index (κ2) is 13.5. The number of benzene rings is 4. The number of carbonyl (C=O) groups excluding carboxylic acids is 4. The lowest BCUT2D eigenvalue weighted by molar-refractivity contribution is -0.126. The highest BCUT2D eigenvalue weighted by Crippen LogP contribution is 2.57. The molecule has 52 heavy (non-hydrogen) atoms. The van der Waals surface area contributed by atoms with Crippen molar-refractivity contribution < 1.29 is 38.9 Å². The molecule has 7 rings (SSSR count). The van der Waals surface area contributed by atoms with E-state index in [1.807, 2.05) is 6.07 Å². The predicted octanol–water partition coefficient (Wildman–Crippen LogP) is 3.30. The number of nitrogens with one attached hydrogen (secondary N) is 5. The molecule has 15 nitrogen and oxygen atoms in total. The number of esters is 1. The monoisotopic (exact) mass is 735 g/mol. The summed E-state index contributed by atoms with van der Waals surface area (Å²) in [6, 6.07) is 20.8. The number of carbonyl (C=O) groups is 4. The van der Waals surface area contributed by atoms with Gasteiger partial charge in [0, 0.05) is 40.2 Å². The van der Waals surface area contributed by atoms with Gasteiger partial charge in [0.2, 0.25) is 17.7 Å². The van der Waals surface area contributed by atoms with E-state index >= 15 is 0 Å². The van der Waals surface area contributed by atoms with Crippen molar-refractivity contribution in [3.63, 3.8) is 0 Å². The number of aromatic nitrogens is 1. The summed E-state index contributed by atoms with van der Waals surface area (Å²) in [4.78, 5) is 54.4. The van der Waals surface area contributed by atoms with Crippen LogP contribution < -0.4 is 31.3 Å². The van der Waals surface area contributed by atoms with Crippen molar-refractivity contribution in [2.75, 3.05) is 30.3 Å². The first-order valence-electron chi connectivity index (χ1n) is 15.4. The highest BCUT2D eigenvalue weighted by molar-refractivity contribution is 7.80. The van der Waals surface area contributed by atoms with Gasteiger partial charge in [-0.05, 0) is 66.8 Å². The van der Waals surface area contributed by atoms with Crippen LogP contribution in [0.3, 0.4) is 0 Å². The Morgan fingerprint density at radius 1 is 0.788 bits per heavy atom. The van der Waals surface area contributed by atoms with Crippen LogP contribution in [0.4, 0.5) is 11.4 Å². The van der Waals surface area contributed by atoms with Crippen LogP contribution >= 0.6 is 23.6 Å². The Morgan fingerprint density at radius 3 is 2.06 bits per heavy atom. The summed E-state index contributed by atoms with van der Waals surface area (Å²) in [7, 11) is 0. The van der Waals surface area contributed by atoms with Crippen LogP contribution in [0.2, 0.25) is 0 Å². The van der Waals surface area contributed by atoms with Gasteiger partial charge in [0.15, 0.2) is 15.7 Å². The molecule has 1 spiro atoms. The smallest absolute Gasteiger partial charge is 0.340 e. The van der Waals surface area contributed by atoms with Crippen LogP contribution in [0.25, 0.3) is 10.2 Å². The topological polar surface area (TPSA) is 224 Å². The molecule has 0 atom stereocenters. The van der Waals surface area contributed by atoms with Crippen molar-refractivity contribution in [1.82, 2.24) is 20.9 Å². The van der Waals surface area contributed by atoms with E-state index in [9.17, 15) is 29.4 Å². The first kappa shape index (κ1) is 33.7. The number of fused-ring (bicyclic) bond motifs is 7. The minimum Gasteiger partial charge on any atom is -0.508 e. The fourth-order valence-electron chi connectivity index (χ4n) is 5.86. The van der Waals surface area contributed by atoms with Crippen molar-refractivity contribution >= 4 is 73.9 Å². The number of amides is 3. The Balaban J connectivity index is 0.914. The number of rotatable bonds is 8. The zero-order valence-corrected chi connectivity index (χ0v) is 28.2. The summed E-state index contributed by atoms with van der Waals surface area (Å²) in [5, 5.41) is 42.8. The first-order valence-corrected chi connectivity index (χ1v) is 16.7. The molecule has 0 fully saturated rings. The van der Waals surface area contributed by atoms with Gasteiger partial charge in [0.25, 0.3) is 0 Å². The Morgan fingerprint density at radius 2 is 1.38 bits per heavy atom. The maximum Gasteiger partial charge on any atom is 0.340 e. The highest BCUT2D eigenvalue weighted by atomic mass is 32.1. The van der Waals surface area contributed by atoms with E-state index in [0.717, 1.165) is 4.70 Å². The standard InChI is InChI=1S/C35H25N7O8S2/c36-13-32-42-25-8-2-18(10-28(25)52-32)40-31(47)16-38-29(45)14-37-30(46)15-39-34(51)41-17-1-5-22-21(9-17)33(48)50-35(22)23-6-3-19(43)11-26(23)49-27-12-20(44)4-7-24(27)35/h1-12,43-44H,14-16H2,(H,37,46)(H,38,45)(H,40,47)(H2,39,41,51). The van der Waals surface area contributed by atoms with Gasteiger partial charge in [-0.2, -0.15) is 5.26 Å². The van der Waals surface area contributed by atoms with E-state index in [0.29, 0.717) is 38.6 Å².